The van der Waals surface area contributed by atoms with Gasteiger partial charge in [0.05, 0.1) is 0 Å². The molecule has 2 N–H and O–H groups in total. The van der Waals surface area contributed by atoms with Crippen LogP contribution in [0.4, 0.5) is 0 Å². The molecule has 1 unspecified atom stereocenters. The molecule has 1 aromatic heterocycles. The van der Waals surface area contributed by atoms with Crippen LogP contribution in [0.5, 0.6) is 0 Å². The minimum Gasteiger partial charge on any atom is -0.324 e. The van der Waals surface area contributed by atoms with Crippen LogP contribution in [0, 0.1) is 0 Å². The summed E-state index contributed by atoms with van der Waals surface area (Å²) >= 11 is 9.60. The van der Waals surface area contributed by atoms with E-state index < -0.39 is 0 Å². The predicted octanol–water partition coefficient (Wildman–Crippen LogP) is 4.30. The average Bonchev–Trinajstić information content (AvgIpc) is 2.39. The zero-order chi connectivity index (χ0) is 13.8. The maximum absolute atomic E-state index is 6.21. The molecule has 0 bridgehead atoms. The third-order valence-electron chi connectivity index (χ3n) is 3.09. The highest BCUT2D eigenvalue weighted by atomic mass is 79.9. The molecule has 19 heavy (non-hydrogen) atoms. The molecule has 0 amide bonds. The number of nitrogens with two attached hydrogens (primary N) is 1. The van der Waals surface area contributed by atoms with Crippen LogP contribution in [0.1, 0.15) is 29.8 Å². The molecule has 100 valence electrons. The topological polar surface area (TPSA) is 38.9 Å². The highest BCUT2D eigenvalue weighted by Gasteiger charge is 2.12. The fourth-order valence-corrected chi connectivity index (χ4v) is 2.74. The first-order valence-corrected chi connectivity index (χ1v) is 7.41. The molecule has 2 aromatic rings. The standard InChI is InChI=1S/C15H16BrClN2/c1-2-10-3-5-12(19-9-10)8-15(18)13-6-4-11(16)7-14(13)17/h3-7,9,15H,2,8,18H2,1H3. The maximum atomic E-state index is 6.21. The summed E-state index contributed by atoms with van der Waals surface area (Å²) < 4.78 is 0.957. The molecule has 0 saturated heterocycles. The van der Waals surface area contributed by atoms with Crippen molar-refractivity contribution < 1.29 is 0 Å². The largest absolute Gasteiger partial charge is 0.324 e. The fraction of sp³-hybridized carbons (Fsp3) is 0.267. The number of aromatic nitrogens is 1. The molecule has 0 aliphatic heterocycles. The van der Waals surface area contributed by atoms with Gasteiger partial charge >= 0.3 is 0 Å². The number of hydrogen-bond acceptors (Lipinski definition) is 2. The van der Waals surface area contributed by atoms with Gasteiger partial charge in [-0.15, -0.1) is 0 Å². The van der Waals surface area contributed by atoms with Gasteiger partial charge in [-0.3, -0.25) is 4.98 Å². The summed E-state index contributed by atoms with van der Waals surface area (Å²) in [5.41, 5.74) is 9.38. The van der Waals surface area contributed by atoms with E-state index in [0.717, 1.165) is 22.2 Å². The summed E-state index contributed by atoms with van der Waals surface area (Å²) in [6.07, 6.45) is 3.59. The molecule has 0 saturated carbocycles. The molecular weight excluding hydrogens is 324 g/mol. The second-order valence-corrected chi connectivity index (χ2v) is 5.81. The summed E-state index contributed by atoms with van der Waals surface area (Å²) in [4.78, 5) is 4.43. The first kappa shape index (κ1) is 14.5. The third kappa shape index (κ3) is 3.78. The first-order chi connectivity index (χ1) is 9.10. The van der Waals surface area contributed by atoms with E-state index in [1.165, 1.54) is 5.56 Å². The maximum Gasteiger partial charge on any atom is 0.0465 e. The Bertz CT molecular complexity index is 555. The first-order valence-electron chi connectivity index (χ1n) is 6.24. The highest BCUT2D eigenvalue weighted by Crippen LogP contribution is 2.26. The molecule has 1 heterocycles. The Labute approximate surface area is 127 Å². The van der Waals surface area contributed by atoms with Crippen molar-refractivity contribution in [1.82, 2.24) is 4.98 Å². The van der Waals surface area contributed by atoms with Gasteiger partial charge in [-0.25, -0.2) is 0 Å². The normalized spacial score (nSPS) is 12.4. The Kier molecular flexibility index (Phi) is 4.97. The molecule has 0 fully saturated rings. The zero-order valence-corrected chi connectivity index (χ0v) is 13.1. The zero-order valence-electron chi connectivity index (χ0n) is 10.7. The molecule has 0 radical (unpaired) electrons. The molecular formula is C15H16BrClN2. The van der Waals surface area contributed by atoms with Gasteiger partial charge in [0.2, 0.25) is 0 Å². The highest BCUT2D eigenvalue weighted by molar-refractivity contribution is 9.10. The number of pyridine rings is 1. The van der Waals surface area contributed by atoms with Crippen LogP contribution < -0.4 is 5.73 Å². The summed E-state index contributed by atoms with van der Waals surface area (Å²) in [5.74, 6) is 0. The molecule has 1 aromatic carbocycles. The lowest BCUT2D eigenvalue weighted by atomic mass is 10.0. The number of hydrogen-bond donors (Lipinski definition) is 1. The van der Waals surface area contributed by atoms with E-state index in [1.807, 2.05) is 30.5 Å². The van der Waals surface area contributed by atoms with Crippen LogP contribution in [0.3, 0.4) is 0 Å². The Morgan fingerprint density at radius 2 is 2.11 bits per heavy atom. The van der Waals surface area contributed by atoms with Crippen molar-refractivity contribution in [3.8, 4) is 0 Å². The van der Waals surface area contributed by atoms with E-state index in [0.29, 0.717) is 11.4 Å². The summed E-state index contributed by atoms with van der Waals surface area (Å²) in [6, 6.07) is 9.76. The number of halogens is 2. The smallest absolute Gasteiger partial charge is 0.0465 e. The average molecular weight is 340 g/mol. The van der Waals surface area contributed by atoms with Crippen LogP contribution in [0.25, 0.3) is 0 Å². The van der Waals surface area contributed by atoms with Crippen LogP contribution >= 0.6 is 27.5 Å². The molecule has 0 aliphatic carbocycles. The van der Waals surface area contributed by atoms with Crippen molar-refractivity contribution in [2.45, 2.75) is 25.8 Å². The Hall–Kier alpha value is -0.900. The van der Waals surface area contributed by atoms with E-state index >= 15 is 0 Å². The van der Waals surface area contributed by atoms with Crippen molar-refractivity contribution in [2.24, 2.45) is 5.73 Å². The van der Waals surface area contributed by atoms with Gasteiger partial charge < -0.3 is 5.73 Å². The molecule has 2 nitrogen and oxygen atoms in total. The monoisotopic (exact) mass is 338 g/mol. The Morgan fingerprint density at radius 1 is 1.32 bits per heavy atom. The molecule has 4 heteroatoms. The van der Waals surface area contributed by atoms with Crippen molar-refractivity contribution in [3.63, 3.8) is 0 Å². The van der Waals surface area contributed by atoms with Crippen LogP contribution in [-0.4, -0.2) is 4.98 Å². The van der Waals surface area contributed by atoms with Crippen LogP contribution in [0.15, 0.2) is 41.0 Å². The van der Waals surface area contributed by atoms with Gasteiger partial charge in [0.25, 0.3) is 0 Å². The fourth-order valence-electron chi connectivity index (χ4n) is 1.92. The van der Waals surface area contributed by atoms with Crippen molar-refractivity contribution >= 4 is 27.5 Å². The summed E-state index contributed by atoms with van der Waals surface area (Å²) in [6.45, 7) is 2.12. The quantitative estimate of drug-likeness (QED) is 0.902. The van der Waals surface area contributed by atoms with Crippen molar-refractivity contribution in [1.29, 1.82) is 0 Å². The SMILES string of the molecule is CCc1ccc(CC(N)c2ccc(Br)cc2Cl)nc1. The second kappa shape index (κ2) is 6.51. The van der Waals surface area contributed by atoms with E-state index in [2.05, 4.69) is 33.9 Å². The third-order valence-corrected chi connectivity index (χ3v) is 3.91. The van der Waals surface area contributed by atoms with E-state index in [9.17, 15) is 0 Å². The van der Waals surface area contributed by atoms with Gasteiger partial charge in [-0.05, 0) is 35.7 Å². The molecule has 2 rings (SSSR count). The van der Waals surface area contributed by atoms with E-state index in [4.69, 9.17) is 17.3 Å². The minimum atomic E-state index is -0.138. The molecule has 1 atom stereocenters. The number of nitrogens with zero attached hydrogens (tertiary/aromatic N) is 1. The van der Waals surface area contributed by atoms with Crippen LogP contribution in [0.2, 0.25) is 5.02 Å². The van der Waals surface area contributed by atoms with Crippen LogP contribution in [-0.2, 0) is 12.8 Å². The second-order valence-electron chi connectivity index (χ2n) is 4.49. The lowest BCUT2D eigenvalue weighted by Gasteiger charge is -2.13. The van der Waals surface area contributed by atoms with Crippen molar-refractivity contribution in [3.05, 3.63) is 62.8 Å². The number of benzene rings is 1. The summed E-state index contributed by atoms with van der Waals surface area (Å²) in [5, 5.41) is 0.687. The number of aryl methyl sites for hydroxylation is 1. The van der Waals surface area contributed by atoms with E-state index in [-0.39, 0.29) is 6.04 Å². The predicted molar refractivity (Wildman–Crippen MR) is 83.4 cm³/mol. The lowest BCUT2D eigenvalue weighted by molar-refractivity contribution is 0.706. The van der Waals surface area contributed by atoms with E-state index in [1.54, 1.807) is 0 Å². The van der Waals surface area contributed by atoms with Gasteiger partial charge in [0.15, 0.2) is 0 Å². The summed E-state index contributed by atoms with van der Waals surface area (Å²) in [7, 11) is 0. The molecule has 0 aliphatic rings. The van der Waals surface area contributed by atoms with Gasteiger partial charge in [0, 0.05) is 33.8 Å². The van der Waals surface area contributed by atoms with Gasteiger partial charge in [0.1, 0.15) is 0 Å². The molecule has 0 spiro atoms. The lowest BCUT2D eigenvalue weighted by Crippen LogP contribution is -2.14. The number of rotatable bonds is 4. The Balaban J connectivity index is 2.13. The van der Waals surface area contributed by atoms with Gasteiger partial charge in [-0.2, -0.15) is 0 Å². The Morgan fingerprint density at radius 3 is 2.68 bits per heavy atom. The van der Waals surface area contributed by atoms with Crippen molar-refractivity contribution in [2.75, 3.05) is 0 Å². The van der Waals surface area contributed by atoms with Gasteiger partial charge in [-0.1, -0.05) is 46.6 Å². The minimum absolute atomic E-state index is 0.138.